The van der Waals surface area contributed by atoms with Crippen LogP contribution in [0.5, 0.6) is 0 Å². The van der Waals surface area contributed by atoms with Crippen molar-refractivity contribution in [1.29, 1.82) is 0 Å². The molecular formula is C9H7BrFNO3. The van der Waals surface area contributed by atoms with Gasteiger partial charge in [0.25, 0.3) is 0 Å². The van der Waals surface area contributed by atoms with Crippen molar-refractivity contribution in [2.24, 2.45) is 0 Å². The summed E-state index contributed by atoms with van der Waals surface area (Å²) in [6, 6.07) is 3.99. The Morgan fingerprint density at radius 1 is 1.47 bits per heavy atom. The highest BCUT2D eigenvalue weighted by Crippen LogP contribution is 2.19. The van der Waals surface area contributed by atoms with E-state index in [0.717, 1.165) is 6.07 Å². The van der Waals surface area contributed by atoms with E-state index in [4.69, 9.17) is 5.11 Å². The highest BCUT2D eigenvalue weighted by molar-refractivity contribution is 9.10. The molecule has 1 amide bonds. The zero-order valence-corrected chi connectivity index (χ0v) is 9.04. The van der Waals surface area contributed by atoms with Gasteiger partial charge in [-0.2, -0.15) is 0 Å². The van der Waals surface area contributed by atoms with Gasteiger partial charge in [0.05, 0.1) is 4.47 Å². The number of hydrogen-bond donors (Lipinski definition) is 2. The molecule has 0 saturated heterocycles. The van der Waals surface area contributed by atoms with E-state index in [-0.39, 0.29) is 10.2 Å². The fourth-order valence-corrected chi connectivity index (χ4v) is 1.16. The summed E-state index contributed by atoms with van der Waals surface area (Å²) >= 11 is 2.95. The van der Waals surface area contributed by atoms with Crippen molar-refractivity contribution in [1.82, 2.24) is 0 Å². The van der Waals surface area contributed by atoms with Gasteiger partial charge in [-0.3, -0.25) is 9.59 Å². The molecule has 0 radical (unpaired) electrons. The van der Waals surface area contributed by atoms with Crippen LogP contribution in [0.4, 0.5) is 10.1 Å². The molecule has 0 aromatic heterocycles. The zero-order chi connectivity index (χ0) is 11.4. The van der Waals surface area contributed by atoms with Crippen LogP contribution in [0.1, 0.15) is 6.42 Å². The summed E-state index contributed by atoms with van der Waals surface area (Å²) in [5.41, 5.74) is 0.224. The van der Waals surface area contributed by atoms with Gasteiger partial charge in [-0.1, -0.05) is 0 Å². The normalized spacial score (nSPS) is 9.73. The zero-order valence-electron chi connectivity index (χ0n) is 7.46. The third kappa shape index (κ3) is 3.67. The van der Waals surface area contributed by atoms with E-state index >= 15 is 0 Å². The van der Waals surface area contributed by atoms with Crippen LogP contribution < -0.4 is 5.32 Å². The second kappa shape index (κ2) is 4.88. The van der Waals surface area contributed by atoms with Gasteiger partial charge >= 0.3 is 5.97 Å². The fraction of sp³-hybridized carbons (Fsp3) is 0.111. The van der Waals surface area contributed by atoms with E-state index in [0.29, 0.717) is 0 Å². The lowest BCUT2D eigenvalue weighted by molar-refractivity contribution is -0.139. The summed E-state index contributed by atoms with van der Waals surface area (Å²) in [4.78, 5) is 21.2. The molecule has 2 N–H and O–H groups in total. The van der Waals surface area contributed by atoms with E-state index in [2.05, 4.69) is 21.2 Å². The minimum Gasteiger partial charge on any atom is -0.481 e. The van der Waals surface area contributed by atoms with Crippen molar-refractivity contribution in [2.45, 2.75) is 6.42 Å². The van der Waals surface area contributed by atoms with E-state index in [1.807, 2.05) is 0 Å². The standard InChI is InChI=1S/C9H7BrFNO3/c10-6-2-1-5(3-7(6)11)12-8(13)4-9(14)15/h1-3H,4H2,(H,12,13)(H,14,15). The number of halogens is 2. The second-order valence-electron chi connectivity index (χ2n) is 2.75. The molecule has 4 nitrogen and oxygen atoms in total. The topological polar surface area (TPSA) is 66.4 Å². The number of carbonyl (C=O) groups is 2. The van der Waals surface area contributed by atoms with Crippen LogP contribution in [-0.4, -0.2) is 17.0 Å². The molecule has 1 aromatic rings. The molecule has 0 fully saturated rings. The SMILES string of the molecule is O=C(O)CC(=O)Nc1ccc(Br)c(F)c1. The molecule has 0 bridgehead atoms. The molecule has 0 aliphatic heterocycles. The van der Waals surface area contributed by atoms with Crippen molar-refractivity contribution in [2.75, 3.05) is 5.32 Å². The lowest BCUT2D eigenvalue weighted by atomic mass is 10.3. The minimum absolute atomic E-state index is 0.224. The molecule has 0 unspecified atom stereocenters. The van der Waals surface area contributed by atoms with Crippen LogP contribution in [0.25, 0.3) is 0 Å². The number of carboxylic acids is 1. The van der Waals surface area contributed by atoms with Gasteiger partial charge in [0.15, 0.2) is 0 Å². The first-order chi connectivity index (χ1) is 6.99. The smallest absolute Gasteiger partial charge is 0.312 e. The maximum absolute atomic E-state index is 13.0. The first-order valence-corrected chi connectivity index (χ1v) is 4.75. The van der Waals surface area contributed by atoms with Crippen LogP contribution in [-0.2, 0) is 9.59 Å². The minimum atomic E-state index is -1.23. The first-order valence-electron chi connectivity index (χ1n) is 3.95. The van der Waals surface area contributed by atoms with Crippen molar-refractivity contribution in [3.63, 3.8) is 0 Å². The van der Waals surface area contributed by atoms with E-state index in [9.17, 15) is 14.0 Å². The lowest BCUT2D eigenvalue weighted by Gasteiger charge is -2.03. The number of hydrogen-bond acceptors (Lipinski definition) is 2. The predicted octanol–water partition coefficient (Wildman–Crippen LogP) is 2.00. The molecule has 0 atom stereocenters. The van der Waals surface area contributed by atoms with Crippen LogP contribution >= 0.6 is 15.9 Å². The third-order valence-corrected chi connectivity index (χ3v) is 2.16. The summed E-state index contributed by atoms with van der Waals surface area (Å²) in [5.74, 6) is -2.45. The van der Waals surface area contributed by atoms with Crippen molar-refractivity contribution in [3.8, 4) is 0 Å². The number of amides is 1. The summed E-state index contributed by atoms with van der Waals surface area (Å²) in [6.45, 7) is 0. The molecule has 0 spiro atoms. The lowest BCUT2D eigenvalue weighted by Crippen LogP contribution is -2.15. The summed E-state index contributed by atoms with van der Waals surface area (Å²) in [6.07, 6.45) is -0.641. The Kier molecular flexibility index (Phi) is 3.79. The molecular weight excluding hydrogens is 269 g/mol. The first kappa shape index (κ1) is 11.6. The second-order valence-corrected chi connectivity index (χ2v) is 3.60. The van der Waals surface area contributed by atoms with Gasteiger partial charge in [-0.15, -0.1) is 0 Å². The number of rotatable bonds is 3. The fourth-order valence-electron chi connectivity index (χ4n) is 0.916. The Bertz CT molecular complexity index is 408. The highest BCUT2D eigenvalue weighted by Gasteiger charge is 2.08. The Balaban J connectivity index is 2.69. The van der Waals surface area contributed by atoms with Crippen molar-refractivity contribution < 1.29 is 19.1 Å². The Morgan fingerprint density at radius 2 is 2.13 bits per heavy atom. The Hall–Kier alpha value is -1.43. The number of benzene rings is 1. The number of anilines is 1. The van der Waals surface area contributed by atoms with E-state index in [1.165, 1.54) is 12.1 Å². The number of nitrogens with one attached hydrogen (secondary N) is 1. The molecule has 0 saturated carbocycles. The van der Waals surface area contributed by atoms with Gasteiger partial charge in [0.1, 0.15) is 12.2 Å². The molecule has 0 aliphatic rings. The molecule has 15 heavy (non-hydrogen) atoms. The Morgan fingerprint density at radius 3 is 2.67 bits per heavy atom. The summed E-state index contributed by atoms with van der Waals surface area (Å²) in [7, 11) is 0. The molecule has 80 valence electrons. The average Bonchev–Trinajstić information content (AvgIpc) is 2.10. The highest BCUT2D eigenvalue weighted by atomic mass is 79.9. The van der Waals surface area contributed by atoms with Gasteiger partial charge in [0.2, 0.25) is 5.91 Å². The quantitative estimate of drug-likeness (QED) is 0.830. The van der Waals surface area contributed by atoms with Crippen LogP contribution in [0.15, 0.2) is 22.7 Å². The predicted molar refractivity (Wildman–Crippen MR) is 55.0 cm³/mol. The largest absolute Gasteiger partial charge is 0.481 e. The summed E-state index contributed by atoms with van der Waals surface area (Å²) < 4.78 is 13.3. The average molecular weight is 276 g/mol. The van der Waals surface area contributed by atoms with Gasteiger partial charge in [0, 0.05) is 5.69 Å². The summed E-state index contributed by atoms with van der Waals surface area (Å²) in [5, 5.41) is 10.6. The number of carboxylic acid groups (broad SMARTS) is 1. The third-order valence-electron chi connectivity index (χ3n) is 1.52. The number of carbonyl (C=O) groups excluding carboxylic acids is 1. The molecule has 6 heteroatoms. The molecule has 0 heterocycles. The van der Waals surface area contributed by atoms with Crippen LogP contribution in [0, 0.1) is 5.82 Å². The van der Waals surface area contributed by atoms with Crippen LogP contribution in [0.2, 0.25) is 0 Å². The molecule has 1 rings (SSSR count). The molecule has 0 aliphatic carbocycles. The van der Waals surface area contributed by atoms with E-state index in [1.54, 1.807) is 0 Å². The maximum atomic E-state index is 13.0. The van der Waals surface area contributed by atoms with Crippen molar-refractivity contribution in [3.05, 3.63) is 28.5 Å². The van der Waals surface area contributed by atoms with Crippen molar-refractivity contribution >= 4 is 33.5 Å². The van der Waals surface area contributed by atoms with E-state index < -0.39 is 24.1 Å². The Labute approximate surface area is 93.2 Å². The maximum Gasteiger partial charge on any atom is 0.312 e. The van der Waals surface area contributed by atoms with Crippen LogP contribution in [0.3, 0.4) is 0 Å². The molecule has 1 aromatic carbocycles. The van der Waals surface area contributed by atoms with Gasteiger partial charge in [-0.05, 0) is 34.1 Å². The monoisotopic (exact) mass is 275 g/mol. The number of aliphatic carboxylic acids is 1. The van der Waals surface area contributed by atoms with Gasteiger partial charge < -0.3 is 10.4 Å². The van der Waals surface area contributed by atoms with Gasteiger partial charge in [-0.25, -0.2) is 4.39 Å².